The van der Waals surface area contributed by atoms with Gasteiger partial charge in [0.25, 0.3) is 0 Å². The number of methoxy groups -OCH3 is 1. The average Bonchev–Trinajstić information content (AvgIpc) is 3.28. The molecule has 2 heterocycles. The highest BCUT2D eigenvalue weighted by atomic mass is 16.5. The minimum absolute atomic E-state index is 0.763. The predicted molar refractivity (Wildman–Crippen MR) is 94.2 cm³/mol. The van der Waals surface area contributed by atoms with Crippen LogP contribution in [0, 0.1) is 0 Å². The van der Waals surface area contributed by atoms with Crippen LogP contribution in [0.25, 0.3) is 10.9 Å². The normalized spacial score (nSPS) is 10.2. The SMILES string of the molecule is COc1ccc2[nH]cc(CCNCc3ccco3)c2c1.O=C(O)C(=O)O. The van der Waals surface area contributed by atoms with Crippen LogP contribution in [0.15, 0.2) is 47.2 Å². The van der Waals surface area contributed by atoms with Crippen molar-refractivity contribution in [2.24, 2.45) is 0 Å². The fourth-order valence-electron chi connectivity index (χ4n) is 2.34. The van der Waals surface area contributed by atoms with Crippen LogP contribution >= 0.6 is 0 Å². The van der Waals surface area contributed by atoms with Gasteiger partial charge in [0.05, 0.1) is 19.9 Å². The van der Waals surface area contributed by atoms with Crippen LogP contribution in [-0.4, -0.2) is 40.8 Å². The summed E-state index contributed by atoms with van der Waals surface area (Å²) in [5.41, 5.74) is 2.44. The van der Waals surface area contributed by atoms with E-state index < -0.39 is 11.9 Å². The van der Waals surface area contributed by atoms with Crippen LogP contribution in [0.2, 0.25) is 0 Å². The smallest absolute Gasteiger partial charge is 0.414 e. The van der Waals surface area contributed by atoms with E-state index in [4.69, 9.17) is 29.0 Å². The van der Waals surface area contributed by atoms with E-state index in [1.165, 1.54) is 10.9 Å². The average molecular weight is 360 g/mol. The van der Waals surface area contributed by atoms with E-state index in [0.29, 0.717) is 0 Å². The molecule has 0 aliphatic rings. The zero-order valence-corrected chi connectivity index (χ0v) is 14.2. The Balaban J connectivity index is 0.000000352. The zero-order chi connectivity index (χ0) is 18.9. The van der Waals surface area contributed by atoms with Gasteiger partial charge in [-0.15, -0.1) is 0 Å². The molecule has 0 aliphatic carbocycles. The summed E-state index contributed by atoms with van der Waals surface area (Å²) in [6, 6.07) is 9.98. The summed E-state index contributed by atoms with van der Waals surface area (Å²) in [6.07, 6.45) is 4.73. The number of ether oxygens (including phenoxy) is 1. The van der Waals surface area contributed by atoms with Gasteiger partial charge in [0.2, 0.25) is 0 Å². The van der Waals surface area contributed by atoms with Crippen LogP contribution in [0.1, 0.15) is 11.3 Å². The number of hydrogen-bond acceptors (Lipinski definition) is 5. The molecule has 0 saturated carbocycles. The van der Waals surface area contributed by atoms with Gasteiger partial charge in [0, 0.05) is 17.1 Å². The number of aliphatic carboxylic acids is 2. The fourth-order valence-corrected chi connectivity index (χ4v) is 2.34. The molecule has 0 amide bonds. The van der Waals surface area contributed by atoms with Gasteiger partial charge in [0.15, 0.2) is 0 Å². The van der Waals surface area contributed by atoms with Gasteiger partial charge in [-0.3, -0.25) is 0 Å². The Morgan fingerprint density at radius 2 is 2.00 bits per heavy atom. The Kier molecular flexibility index (Phi) is 6.81. The third-order valence-corrected chi connectivity index (χ3v) is 3.61. The lowest BCUT2D eigenvalue weighted by atomic mass is 10.1. The van der Waals surface area contributed by atoms with Crippen LogP contribution in [0.3, 0.4) is 0 Å². The number of aromatic nitrogens is 1. The van der Waals surface area contributed by atoms with E-state index in [1.807, 2.05) is 24.3 Å². The second kappa shape index (κ2) is 9.28. The first-order valence-corrected chi connectivity index (χ1v) is 7.84. The summed E-state index contributed by atoms with van der Waals surface area (Å²) >= 11 is 0. The van der Waals surface area contributed by atoms with Crippen molar-refractivity contribution < 1.29 is 29.0 Å². The molecule has 8 nitrogen and oxygen atoms in total. The number of H-pyrrole nitrogens is 1. The number of fused-ring (bicyclic) bond motifs is 1. The Bertz CT molecular complexity index is 842. The zero-order valence-electron chi connectivity index (χ0n) is 14.2. The van der Waals surface area contributed by atoms with Gasteiger partial charge in [-0.05, 0) is 48.9 Å². The molecular formula is C18H20N2O6. The van der Waals surface area contributed by atoms with Crippen molar-refractivity contribution in [2.75, 3.05) is 13.7 Å². The van der Waals surface area contributed by atoms with E-state index in [0.717, 1.165) is 36.5 Å². The minimum atomic E-state index is -1.82. The van der Waals surface area contributed by atoms with Crippen molar-refractivity contribution in [1.29, 1.82) is 0 Å². The molecular weight excluding hydrogens is 340 g/mol. The minimum Gasteiger partial charge on any atom is -0.497 e. The number of aromatic amines is 1. The molecule has 138 valence electrons. The first-order chi connectivity index (χ1) is 12.5. The van der Waals surface area contributed by atoms with Crippen molar-refractivity contribution in [3.63, 3.8) is 0 Å². The van der Waals surface area contributed by atoms with E-state index in [2.05, 4.69) is 22.6 Å². The Morgan fingerprint density at radius 3 is 2.62 bits per heavy atom. The second-order valence-corrected chi connectivity index (χ2v) is 5.34. The van der Waals surface area contributed by atoms with Gasteiger partial charge >= 0.3 is 11.9 Å². The van der Waals surface area contributed by atoms with Crippen LogP contribution in [0.4, 0.5) is 0 Å². The van der Waals surface area contributed by atoms with Crippen molar-refractivity contribution in [2.45, 2.75) is 13.0 Å². The highest BCUT2D eigenvalue weighted by molar-refractivity contribution is 6.27. The lowest BCUT2D eigenvalue weighted by Crippen LogP contribution is -2.16. The largest absolute Gasteiger partial charge is 0.497 e. The van der Waals surface area contributed by atoms with E-state index in [9.17, 15) is 0 Å². The maximum absolute atomic E-state index is 9.10. The van der Waals surface area contributed by atoms with Crippen molar-refractivity contribution in [3.05, 3.63) is 54.1 Å². The summed E-state index contributed by atoms with van der Waals surface area (Å²) in [6.45, 7) is 1.67. The molecule has 0 bridgehead atoms. The fraction of sp³-hybridized carbons (Fsp3) is 0.222. The number of carboxylic acid groups (broad SMARTS) is 2. The molecule has 3 rings (SSSR count). The molecule has 0 atom stereocenters. The van der Waals surface area contributed by atoms with E-state index in [-0.39, 0.29) is 0 Å². The second-order valence-electron chi connectivity index (χ2n) is 5.34. The van der Waals surface area contributed by atoms with Gasteiger partial charge in [-0.25, -0.2) is 9.59 Å². The molecule has 3 aromatic rings. The number of rotatable bonds is 6. The molecule has 0 unspecified atom stereocenters. The lowest BCUT2D eigenvalue weighted by molar-refractivity contribution is -0.159. The molecule has 0 saturated heterocycles. The van der Waals surface area contributed by atoms with Gasteiger partial charge < -0.3 is 29.7 Å². The molecule has 26 heavy (non-hydrogen) atoms. The van der Waals surface area contributed by atoms with Crippen LogP contribution in [0.5, 0.6) is 5.75 Å². The molecule has 1 aromatic carbocycles. The maximum Gasteiger partial charge on any atom is 0.414 e. The Labute approximate surface area is 149 Å². The topological polar surface area (TPSA) is 125 Å². The van der Waals surface area contributed by atoms with E-state index in [1.54, 1.807) is 13.4 Å². The summed E-state index contributed by atoms with van der Waals surface area (Å²) < 4.78 is 10.6. The first-order valence-electron chi connectivity index (χ1n) is 7.84. The van der Waals surface area contributed by atoms with Gasteiger partial charge in [0.1, 0.15) is 11.5 Å². The summed E-state index contributed by atoms with van der Waals surface area (Å²) in [5, 5.41) is 19.4. The number of hydrogen-bond donors (Lipinski definition) is 4. The van der Waals surface area contributed by atoms with E-state index >= 15 is 0 Å². The molecule has 0 fully saturated rings. The summed E-state index contributed by atoms with van der Waals surface area (Å²) in [5.74, 6) is -1.79. The number of nitrogens with one attached hydrogen (secondary N) is 2. The highest BCUT2D eigenvalue weighted by Crippen LogP contribution is 2.23. The Hall–Kier alpha value is -3.26. The monoisotopic (exact) mass is 360 g/mol. The molecule has 0 radical (unpaired) electrons. The molecule has 0 spiro atoms. The third-order valence-electron chi connectivity index (χ3n) is 3.61. The van der Waals surface area contributed by atoms with Crippen LogP contribution < -0.4 is 10.1 Å². The number of furan rings is 1. The van der Waals surface area contributed by atoms with Gasteiger partial charge in [-0.1, -0.05) is 0 Å². The molecule has 4 N–H and O–H groups in total. The quantitative estimate of drug-likeness (QED) is 0.392. The molecule has 8 heteroatoms. The lowest BCUT2D eigenvalue weighted by Gasteiger charge is -2.03. The number of carbonyl (C=O) groups is 2. The van der Waals surface area contributed by atoms with Crippen molar-refractivity contribution in [3.8, 4) is 5.75 Å². The maximum atomic E-state index is 9.10. The predicted octanol–water partition coefficient (Wildman–Crippen LogP) is 2.26. The molecule has 0 aliphatic heterocycles. The summed E-state index contributed by atoms with van der Waals surface area (Å²) in [4.78, 5) is 21.5. The van der Waals surface area contributed by atoms with Crippen molar-refractivity contribution >= 4 is 22.8 Å². The Morgan fingerprint density at radius 1 is 1.23 bits per heavy atom. The molecule has 2 aromatic heterocycles. The first kappa shape index (κ1) is 19.1. The standard InChI is InChI=1S/C16H18N2O2.C2H2O4/c1-19-13-4-5-16-15(9-13)12(10-18-16)6-7-17-11-14-3-2-8-20-14;3-1(4)2(5)6/h2-5,8-10,17-18H,6-7,11H2,1H3;(H,3,4)(H,5,6). The summed E-state index contributed by atoms with van der Waals surface area (Å²) in [7, 11) is 1.69. The van der Waals surface area contributed by atoms with Crippen LogP contribution in [-0.2, 0) is 22.6 Å². The third kappa shape index (κ3) is 5.38. The number of carboxylic acids is 2. The number of benzene rings is 1. The van der Waals surface area contributed by atoms with Crippen molar-refractivity contribution in [1.82, 2.24) is 10.3 Å². The highest BCUT2D eigenvalue weighted by Gasteiger charge is 2.05. The van der Waals surface area contributed by atoms with Gasteiger partial charge in [-0.2, -0.15) is 0 Å².